The Balaban J connectivity index is 1.42. The Bertz CT molecular complexity index is 859. The van der Waals surface area contributed by atoms with E-state index in [2.05, 4.69) is 10.6 Å². The fraction of sp³-hybridized carbons (Fsp3) is 0.556. The zero-order valence-corrected chi connectivity index (χ0v) is 16.4. The molecule has 2 N–H and O–H groups in total. The lowest BCUT2D eigenvalue weighted by Crippen LogP contribution is -2.44. The maximum Gasteiger partial charge on any atom is 0.416 e. The Morgan fingerprint density at radius 1 is 1.00 bits per heavy atom. The molecule has 0 radical (unpaired) electrons. The largest absolute Gasteiger partial charge is 0.416 e. The maximum absolute atomic E-state index is 12.5. The fourth-order valence-electron chi connectivity index (χ4n) is 3.19. The van der Waals surface area contributed by atoms with Crippen LogP contribution in [0.5, 0.6) is 0 Å². The fourth-order valence-corrected chi connectivity index (χ4v) is 5.07. The summed E-state index contributed by atoms with van der Waals surface area (Å²) < 4.78 is 63.5. The van der Waals surface area contributed by atoms with E-state index in [9.17, 15) is 31.2 Å². The Morgan fingerprint density at radius 3 is 2.10 bits per heavy atom. The van der Waals surface area contributed by atoms with Crippen molar-refractivity contribution in [2.75, 3.05) is 25.0 Å². The molecule has 0 spiro atoms. The van der Waals surface area contributed by atoms with Gasteiger partial charge < -0.3 is 10.6 Å². The highest BCUT2D eigenvalue weighted by molar-refractivity contribution is 7.90. The summed E-state index contributed by atoms with van der Waals surface area (Å²) in [6.45, 7) is 1.03. The molecule has 0 unspecified atom stereocenters. The lowest BCUT2D eigenvalue weighted by molar-refractivity contribution is -0.137. The van der Waals surface area contributed by atoms with Crippen LogP contribution in [0.1, 0.15) is 31.2 Å². The second-order valence-corrected chi connectivity index (χ2v) is 9.54. The number of hydrogen-bond acceptors (Lipinski definition) is 4. The zero-order chi connectivity index (χ0) is 21.2. The molecular weight excluding hydrogens is 411 g/mol. The number of nitrogens with zero attached hydrogens (tertiary/aromatic N) is 1. The van der Waals surface area contributed by atoms with Crippen LogP contribution in [0.25, 0.3) is 0 Å². The molecule has 0 bridgehead atoms. The molecule has 2 amide bonds. The molecule has 1 aliphatic heterocycles. The van der Waals surface area contributed by atoms with Crippen molar-refractivity contribution in [2.45, 2.75) is 37.1 Å². The predicted octanol–water partition coefficient (Wildman–Crippen LogP) is 1.96. The highest BCUT2D eigenvalue weighted by Crippen LogP contribution is 2.33. The minimum atomic E-state index is -4.48. The van der Waals surface area contributed by atoms with Crippen molar-refractivity contribution in [1.29, 1.82) is 0 Å². The minimum Gasteiger partial charge on any atom is -0.348 e. The first-order chi connectivity index (χ1) is 13.6. The van der Waals surface area contributed by atoms with Gasteiger partial charge in [-0.2, -0.15) is 13.2 Å². The van der Waals surface area contributed by atoms with E-state index in [4.69, 9.17) is 0 Å². The normalized spacial score (nSPS) is 19.0. The standard InChI is InChI=1S/C18H22F3N3O4S/c19-18(20,21)13-1-3-14(4-2-13)23-17(26)16(25)22-11-12-7-9-24(10-8-12)29(27,28)15-5-6-15/h1-4,12,15H,5-11H2,(H,22,25)(H,23,26). The van der Waals surface area contributed by atoms with Crippen LogP contribution in [0.2, 0.25) is 0 Å². The van der Waals surface area contributed by atoms with Gasteiger partial charge in [-0.25, -0.2) is 12.7 Å². The van der Waals surface area contributed by atoms with Gasteiger partial charge in [0, 0.05) is 25.3 Å². The number of hydrogen-bond donors (Lipinski definition) is 2. The first kappa shape index (κ1) is 21.6. The highest BCUT2D eigenvalue weighted by atomic mass is 32.2. The number of amides is 2. The molecule has 1 aliphatic carbocycles. The van der Waals surface area contributed by atoms with Gasteiger partial charge in [-0.3, -0.25) is 9.59 Å². The molecule has 1 aromatic carbocycles. The molecule has 29 heavy (non-hydrogen) atoms. The van der Waals surface area contributed by atoms with E-state index in [0.717, 1.165) is 24.3 Å². The average molecular weight is 433 g/mol. The smallest absolute Gasteiger partial charge is 0.348 e. The number of nitrogens with one attached hydrogen (secondary N) is 2. The molecule has 2 aliphatic rings. The van der Waals surface area contributed by atoms with Gasteiger partial charge in [0.2, 0.25) is 10.0 Å². The molecule has 11 heteroatoms. The third kappa shape index (κ3) is 5.47. The first-order valence-corrected chi connectivity index (χ1v) is 10.8. The zero-order valence-electron chi connectivity index (χ0n) is 15.5. The molecule has 0 atom stereocenters. The van der Waals surface area contributed by atoms with Crippen LogP contribution in [0.3, 0.4) is 0 Å². The summed E-state index contributed by atoms with van der Waals surface area (Å²) >= 11 is 0. The molecule has 2 fully saturated rings. The van der Waals surface area contributed by atoms with Crippen LogP contribution in [0.15, 0.2) is 24.3 Å². The van der Waals surface area contributed by atoms with Crippen molar-refractivity contribution in [3.63, 3.8) is 0 Å². The van der Waals surface area contributed by atoms with E-state index >= 15 is 0 Å². The molecule has 1 saturated heterocycles. The molecule has 160 valence electrons. The van der Waals surface area contributed by atoms with Gasteiger partial charge in [-0.05, 0) is 55.9 Å². The number of sulfonamides is 1. The van der Waals surface area contributed by atoms with Crippen molar-refractivity contribution < 1.29 is 31.2 Å². The van der Waals surface area contributed by atoms with Gasteiger partial charge >= 0.3 is 18.0 Å². The van der Waals surface area contributed by atoms with Crippen LogP contribution >= 0.6 is 0 Å². The van der Waals surface area contributed by atoms with E-state index < -0.39 is 33.6 Å². The van der Waals surface area contributed by atoms with Gasteiger partial charge in [-0.1, -0.05) is 0 Å². The van der Waals surface area contributed by atoms with Crippen molar-refractivity contribution in [2.24, 2.45) is 5.92 Å². The first-order valence-electron chi connectivity index (χ1n) is 9.33. The third-order valence-electron chi connectivity index (χ3n) is 5.11. The number of benzene rings is 1. The SMILES string of the molecule is O=C(NCC1CCN(S(=O)(=O)C2CC2)CC1)C(=O)Nc1ccc(C(F)(F)F)cc1. The van der Waals surface area contributed by atoms with E-state index in [1.807, 2.05) is 0 Å². The van der Waals surface area contributed by atoms with Crippen molar-refractivity contribution in [3.8, 4) is 0 Å². The van der Waals surface area contributed by atoms with Gasteiger partial charge in [0.25, 0.3) is 0 Å². The molecule has 1 saturated carbocycles. The summed E-state index contributed by atoms with van der Waals surface area (Å²) in [7, 11) is -3.19. The minimum absolute atomic E-state index is 0.0588. The second kappa shape index (κ2) is 8.31. The Morgan fingerprint density at radius 2 is 1.59 bits per heavy atom. The second-order valence-electron chi connectivity index (χ2n) is 7.33. The van der Waals surface area contributed by atoms with Gasteiger partial charge in [0.15, 0.2) is 0 Å². The van der Waals surface area contributed by atoms with Crippen LogP contribution in [0, 0.1) is 5.92 Å². The lowest BCUT2D eigenvalue weighted by Gasteiger charge is -2.31. The topological polar surface area (TPSA) is 95.6 Å². The Hall–Kier alpha value is -2.14. The van der Waals surface area contributed by atoms with E-state index in [1.54, 1.807) is 0 Å². The van der Waals surface area contributed by atoms with Crippen molar-refractivity contribution >= 4 is 27.5 Å². The number of carbonyl (C=O) groups is 2. The van der Waals surface area contributed by atoms with Gasteiger partial charge in [-0.15, -0.1) is 0 Å². The van der Waals surface area contributed by atoms with Crippen molar-refractivity contribution in [3.05, 3.63) is 29.8 Å². The summed E-state index contributed by atoms with van der Waals surface area (Å²) in [4.78, 5) is 23.8. The van der Waals surface area contributed by atoms with Crippen LogP contribution < -0.4 is 10.6 Å². The van der Waals surface area contributed by atoms with Gasteiger partial charge in [0.1, 0.15) is 0 Å². The number of alkyl halides is 3. The summed E-state index contributed by atoms with van der Waals surface area (Å²) in [5, 5.41) is 4.50. The van der Waals surface area contributed by atoms with Crippen molar-refractivity contribution in [1.82, 2.24) is 9.62 Å². The summed E-state index contributed by atoms with van der Waals surface area (Å²) in [6, 6.07) is 3.78. The molecule has 0 aromatic heterocycles. The van der Waals surface area contributed by atoms with Crippen LogP contribution in [-0.2, 0) is 25.8 Å². The monoisotopic (exact) mass is 433 g/mol. The van der Waals surface area contributed by atoms with Gasteiger partial charge in [0.05, 0.1) is 10.8 Å². The van der Waals surface area contributed by atoms with Crippen LogP contribution in [0.4, 0.5) is 18.9 Å². The quantitative estimate of drug-likeness (QED) is 0.694. The molecule has 1 heterocycles. The molecule has 7 nitrogen and oxygen atoms in total. The van der Waals surface area contributed by atoms with E-state index in [-0.39, 0.29) is 23.4 Å². The number of halogens is 3. The number of piperidine rings is 1. The number of carbonyl (C=O) groups excluding carboxylic acids is 2. The average Bonchev–Trinajstić information content (AvgIpc) is 3.52. The molecular formula is C18H22F3N3O4S. The number of rotatable bonds is 5. The Labute approximate surface area is 166 Å². The third-order valence-corrected chi connectivity index (χ3v) is 7.51. The highest BCUT2D eigenvalue weighted by Gasteiger charge is 2.41. The maximum atomic E-state index is 12.5. The predicted molar refractivity (Wildman–Crippen MR) is 99.3 cm³/mol. The number of anilines is 1. The summed E-state index contributed by atoms with van der Waals surface area (Å²) in [5.41, 5.74) is -0.772. The van der Waals surface area contributed by atoms with Crippen LogP contribution in [-0.4, -0.2) is 49.4 Å². The lowest BCUT2D eigenvalue weighted by atomic mass is 9.98. The summed E-state index contributed by atoms with van der Waals surface area (Å²) in [6.07, 6.45) is -1.87. The van der Waals surface area contributed by atoms with E-state index in [0.29, 0.717) is 38.8 Å². The summed E-state index contributed by atoms with van der Waals surface area (Å²) in [5.74, 6) is -1.81. The Kier molecular flexibility index (Phi) is 6.18. The van der Waals surface area contributed by atoms with E-state index in [1.165, 1.54) is 4.31 Å². The molecule has 1 aromatic rings. The molecule has 3 rings (SSSR count).